The SMILES string of the molecule is N[C@H](CCO)c1ccc(F)c(F)c1F. The van der Waals surface area contributed by atoms with Crippen molar-refractivity contribution in [2.45, 2.75) is 12.5 Å². The van der Waals surface area contributed by atoms with Crippen LogP contribution < -0.4 is 5.73 Å². The smallest absolute Gasteiger partial charge is 0.194 e. The van der Waals surface area contributed by atoms with Crippen LogP contribution in [-0.2, 0) is 0 Å². The van der Waals surface area contributed by atoms with Gasteiger partial charge in [-0.1, -0.05) is 6.07 Å². The van der Waals surface area contributed by atoms with Crippen molar-refractivity contribution in [1.29, 1.82) is 0 Å². The normalized spacial score (nSPS) is 12.9. The lowest BCUT2D eigenvalue weighted by atomic mass is 10.0. The molecule has 1 aromatic rings. The molecule has 0 aliphatic carbocycles. The Kier molecular flexibility index (Phi) is 3.49. The highest BCUT2D eigenvalue weighted by molar-refractivity contribution is 5.23. The Bertz CT molecular complexity index is 330. The molecule has 0 spiro atoms. The lowest BCUT2D eigenvalue weighted by molar-refractivity contribution is 0.275. The van der Waals surface area contributed by atoms with Gasteiger partial charge in [0.2, 0.25) is 0 Å². The third-order valence-corrected chi connectivity index (χ3v) is 1.90. The van der Waals surface area contributed by atoms with Crippen molar-refractivity contribution in [2.24, 2.45) is 5.73 Å². The van der Waals surface area contributed by atoms with Crippen LogP contribution in [0.4, 0.5) is 13.2 Å². The molecule has 0 aromatic heterocycles. The van der Waals surface area contributed by atoms with E-state index in [1.165, 1.54) is 0 Å². The lowest BCUT2D eigenvalue weighted by Crippen LogP contribution is -2.14. The van der Waals surface area contributed by atoms with E-state index < -0.39 is 23.5 Å². The molecule has 3 N–H and O–H groups in total. The monoisotopic (exact) mass is 205 g/mol. The summed E-state index contributed by atoms with van der Waals surface area (Å²) in [5, 5.41) is 8.54. The number of nitrogens with two attached hydrogens (primary N) is 1. The highest BCUT2D eigenvalue weighted by atomic mass is 19.2. The highest BCUT2D eigenvalue weighted by Gasteiger charge is 2.17. The van der Waals surface area contributed by atoms with Crippen LogP contribution in [0.5, 0.6) is 0 Å². The molecule has 1 aromatic carbocycles. The second-order valence-electron chi connectivity index (χ2n) is 2.88. The minimum absolute atomic E-state index is 0.0992. The van der Waals surface area contributed by atoms with Crippen molar-refractivity contribution < 1.29 is 18.3 Å². The molecule has 0 aliphatic rings. The number of hydrogen-bond acceptors (Lipinski definition) is 2. The van der Waals surface area contributed by atoms with E-state index in [-0.39, 0.29) is 18.6 Å². The molecule has 5 heteroatoms. The van der Waals surface area contributed by atoms with Gasteiger partial charge < -0.3 is 10.8 Å². The average molecular weight is 205 g/mol. The highest BCUT2D eigenvalue weighted by Crippen LogP contribution is 2.21. The van der Waals surface area contributed by atoms with E-state index in [0.717, 1.165) is 12.1 Å². The van der Waals surface area contributed by atoms with E-state index in [0.29, 0.717) is 0 Å². The van der Waals surface area contributed by atoms with E-state index in [1.807, 2.05) is 0 Å². The third-order valence-electron chi connectivity index (χ3n) is 1.90. The number of halogens is 3. The maximum atomic E-state index is 13.1. The van der Waals surface area contributed by atoms with Crippen LogP contribution in [0.15, 0.2) is 12.1 Å². The van der Waals surface area contributed by atoms with E-state index in [9.17, 15) is 13.2 Å². The van der Waals surface area contributed by atoms with Crippen molar-refractivity contribution in [2.75, 3.05) is 6.61 Å². The molecule has 1 rings (SSSR count). The molecular formula is C9H10F3NO. The third kappa shape index (κ3) is 2.05. The molecule has 14 heavy (non-hydrogen) atoms. The first kappa shape index (κ1) is 11.0. The van der Waals surface area contributed by atoms with Crippen molar-refractivity contribution in [3.8, 4) is 0 Å². The van der Waals surface area contributed by atoms with Gasteiger partial charge in [-0.25, -0.2) is 13.2 Å². The van der Waals surface area contributed by atoms with Crippen LogP contribution in [0.1, 0.15) is 18.0 Å². The fraction of sp³-hybridized carbons (Fsp3) is 0.333. The molecule has 0 amide bonds. The van der Waals surface area contributed by atoms with Crippen molar-refractivity contribution >= 4 is 0 Å². The van der Waals surface area contributed by atoms with Gasteiger partial charge in [0.05, 0.1) is 0 Å². The molecule has 0 heterocycles. The molecule has 0 aliphatic heterocycles. The Morgan fingerprint density at radius 1 is 1.21 bits per heavy atom. The zero-order valence-electron chi connectivity index (χ0n) is 7.30. The summed E-state index contributed by atoms with van der Waals surface area (Å²) in [6.07, 6.45) is 0.0992. The van der Waals surface area contributed by atoms with Crippen LogP contribution in [-0.4, -0.2) is 11.7 Å². The first-order valence-electron chi connectivity index (χ1n) is 4.07. The zero-order chi connectivity index (χ0) is 10.7. The molecule has 0 bridgehead atoms. The topological polar surface area (TPSA) is 46.2 Å². The summed E-state index contributed by atoms with van der Waals surface area (Å²) in [5.41, 5.74) is 5.31. The Morgan fingerprint density at radius 3 is 2.43 bits per heavy atom. The summed E-state index contributed by atoms with van der Waals surface area (Å²) in [6.45, 7) is -0.237. The number of benzene rings is 1. The van der Waals surface area contributed by atoms with Crippen LogP contribution in [0.25, 0.3) is 0 Å². The van der Waals surface area contributed by atoms with E-state index in [1.54, 1.807) is 0 Å². The molecule has 2 nitrogen and oxygen atoms in total. The van der Waals surface area contributed by atoms with Crippen LogP contribution in [0.3, 0.4) is 0 Å². The molecule has 0 fully saturated rings. The lowest BCUT2D eigenvalue weighted by Gasteiger charge is -2.11. The van der Waals surface area contributed by atoms with Crippen molar-refractivity contribution in [3.63, 3.8) is 0 Å². The van der Waals surface area contributed by atoms with Crippen LogP contribution in [0.2, 0.25) is 0 Å². The molecular weight excluding hydrogens is 195 g/mol. The molecule has 0 radical (unpaired) electrons. The maximum absolute atomic E-state index is 13.1. The van der Waals surface area contributed by atoms with Gasteiger partial charge in [0.1, 0.15) is 0 Å². The Labute approximate surface area is 79.2 Å². The first-order valence-corrected chi connectivity index (χ1v) is 4.07. The molecule has 78 valence electrons. The minimum Gasteiger partial charge on any atom is -0.396 e. The molecule has 0 saturated heterocycles. The zero-order valence-corrected chi connectivity index (χ0v) is 7.30. The van der Waals surface area contributed by atoms with Gasteiger partial charge in [0.25, 0.3) is 0 Å². The van der Waals surface area contributed by atoms with E-state index >= 15 is 0 Å². The second kappa shape index (κ2) is 4.43. The van der Waals surface area contributed by atoms with Crippen molar-refractivity contribution in [3.05, 3.63) is 35.1 Å². The summed E-state index contributed by atoms with van der Waals surface area (Å²) in [5.74, 6) is -4.07. The van der Waals surface area contributed by atoms with E-state index in [4.69, 9.17) is 10.8 Å². The van der Waals surface area contributed by atoms with Gasteiger partial charge >= 0.3 is 0 Å². The molecule has 0 saturated carbocycles. The fourth-order valence-electron chi connectivity index (χ4n) is 1.12. The summed E-state index contributed by atoms with van der Waals surface area (Å²) < 4.78 is 38.3. The van der Waals surface area contributed by atoms with Crippen LogP contribution in [0, 0.1) is 17.5 Å². The van der Waals surface area contributed by atoms with Crippen LogP contribution >= 0.6 is 0 Å². The fourth-order valence-corrected chi connectivity index (χ4v) is 1.12. The van der Waals surface area contributed by atoms with Crippen molar-refractivity contribution in [1.82, 2.24) is 0 Å². The first-order chi connectivity index (χ1) is 6.57. The Morgan fingerprint density at radius 2 is 1.86 bits per heavy atom. The van der Waals surface area contributed by atoms with Gasteiger partial charge in [0, 0.05) is 18.2 Å². The largest absolute Gasteiger partial charge is 0.396 e. The average Bonchev–Trinajstić information content (AvgIpc) is 2.15. The molecule has 1 atom stereocenters. The predicted molar refractivity (Wildman–Crippen MR) is 44.9 cm³/mol. The van der Waals surface area contributed by atoms with Gasteiger partial charge in [-0.15, -0.1) is 0 Å². The Hall–Kier alpha value is -1.07. The maximum Gasteiger partial charge on any atom is 0.194 e. The van der Waals surface area contributed by atoms with Gasteiger partial charge in [0.15, 0.2) is 17.5 Å². The van der Waals surface area contributed by atoms with E-state index in [2.05, 4.69) is 0 Å². The number of aliphatic hydroxyl groups excluding tert-OH is 1. The summed E-state index contributed by atoms with van der Waals surface area (Å²) in [7, 11) is 0. The summed E-state index contributed by atoms with van der Waals surface area (Å²) in [4.78, 5) is 0. The second-order valence-corrected chi connectivity index (χ2v) is 2.88. The van der Waals surface area contributed by atoms with Gasteiger partial charge in [-0.2, -0.15) is 0 Å². The van der Waals surface area contributed by atoms with Gasteiger partial charge in [-0.3, -0.25) is 0 Å². The quantitative estimate of drug-likeness (QED) is 0.734. The number of aliphatic hydroxyl groups is 1. The summed E-state index contributed by atoms with van der Waals surface area (Å²) >= 11 is 0. The Balaban J connectivity index is 3.04. The predicted octanol–water partition coefficient (Wildman–Crippen LogP) is 1.49. The number of rotatable bonds is 3. The van der Waals surface area contributed by atoms with Gasteiger partial charge in [-0.05, 0) is 12.5 Å². The molecule has 0 unspecified atom stereocenters. The number of hydrogen-bond donors (Lipinski definition) is 2. The minimum atomic E-state index is -1.53. The summed E-state index contributed by atoms with van der Waals surface area (Å²) in [6, 6.07) is 1.06. The standard InChI is InChI=1S/C9H10F3NO/c10-6-2-1-5(7(13)3-4-14)8(11)9(6)12/h1-2,7,14H,3-4,13H2/t7-/m1/s1.